The van der Waals surface area contributed by atoms with E-state index in [9.17, 15) is 4.79 Å². The summed E-state index contributed by atoms with van der Waals surface area (Å²) in [5, 5.41) is 8.27. The molecule has 0 spiro atoms. The van der Waals surface area contributed by atoms with Crippen molar-refractivity contribution in [3.63, 3.8) is 0 Å². The number of amides is 1. The third-order valence-corrected chi connectivity index (χ3v) is 9.39. The maximum absolute atomic E-state index is 13.3. The molecule has 4 heterocycles. The molecule has 2 N–H and O–H groups in total. The lowest BCUT2D eigenvalue weighted by Crippen LogP contribution is -2.55. The Morgan fingerprint density at radius 1 is 1.00 bits per heavy atom. The SMILES string of the molecule is COc1ccc(Nc2nc(-c3cnccc3C)cc3cc(NC(=O)C4[C@H]5CC(N6CC(OC)C6)C[C@@H]45)ncc23)c(OC)c1. The number of hydrogen-bond donors (Lipinski definition) is 2. The number of rotatable bonds is 9. The van der Waals surface area contributed by atoms with Gasteiger partial charge in [-0.25, -0.2) is 9.97 Å². The third kappa shape index (κ3) is 5.14. The molecule has 10 heteroatoms. The standard InChI is InChI=1S/C33H36N6O4/c1-18-7-8-34-14-25(18)28-9-19-10-30(38-33(40)31-23-11-20(12-24(23)31)39-16-22(17-39)42-3)35-15-26(19)32(37-28)36-27-6-5-21(41-2)13-29(27)43-4/h5-10,13-15,20,22-24,31H,11-12,16-17H2,1-4H3,(H,36,37)(H,35,38,40)/t20?,23-,24+,31?. The Morgan fingerprint density at radius 2 is 1.81 bits per heavy atom. The van der Waals surface area contributed by atoms with Gasteiger partial charge in [0.2, 0.25) is 5.91 Å². The van der Waals surface area contributed by atoms with Crippen LogP contribution in [-0.4, -0.2) is 72.3 Å². The van der Waals surface area contributed by atoms with Crippen molar-refractivity contribution in [2.75, 3.05) is 45.1 Å². The van der Waals surface area contributed by atoms with Crippen molar-refractivity contribution < 1.29 is 19.0 Å². The number of nitrogens with one attached hydrogen (secondary N) is 2. The molecule has 7 rings (SSSR count). The number of fused-ring (bicyclic) bond motifs is 2. The molecule has 2 unspecified atom stereocenters. The number of aromatic nitrogens is 3. The van der Waals surface area contributed by atoms with Gasteiger partial charge >= 0.3 is 0 Å². The molecular weight excluding hydrogens is 544 g/mol. The second-order valence-corrected chi connectivity index (χ2v) is 11.8. The summed E-state index contributed by atoms with van der Waals surface area (Å²) in [6.45, 7) is 4.06. The van der Waals surface area contributed by atoms with Crippen molar-refractivity contribution in [2.45, 2.75) is 31.9 Å². The number of likely N-dealkylation sites (tertiary alicyclic amines) is 1. The molecule has 3 aromatic heterocycles. The highest BCUT2D eigenvalue weighted by Crippen LogP contribution is 2.59. The second kappa shape index (κ2) is 11.1. The lowest BCUT2D eigenvalue weighted by atomic mass is 10.0. The number of methoxy groups -OCH3 is 3. The minimum Gasteiger partial charge on any atom is -0.497 e. The average Bonchev–Trinajstić information content (AvgIpc) is 3.51. The molecule has 1 saturated heterocycles. The predicted octanol–water partition coefficient (Wildman–Crippen LogP) is 5.05. The van der Waals surface area contributed by atoms with Crippen LogP contribution < -0.4 is 20.1 Å². The molecule has 2 aliphatic carbocycles. The van der Waals surface area contributed by atoms with Gasteiger partial charge in [0.25, 0.3) is 0 Å². The van der Waals surface area contributed by atoms with Crippen LogP contribution in [0.15, 0.2) is 55.0 Å². The van der Waals surface area contributed by atoms with Gasteiger partial charge in [-0.05, 0) is 72.9 Å². The largest absolute Gasteiger partial charge is 0.497 e. The predicted molar refractivity (Wildman–Crippen MR) is 165 cm³/mol. The summed E-state index contributed by atoms with van der Waals surface area (Å²) in [5.74, 6) is 3.54. The first kappa shape index (κ1) is 27.5. The number of anilines is 3. The molecule has 1 aromatic carbocycles. The van der Waals surface area contributed by atoms with E-state index in [1.165, 1.54) is 0 Å². The molecule has 2 saturated carbocycles. The number of carbonyl (C=O) groups is 1. The fourth-order valence-electron chi connectivity index (χ4n) is 6.84. The summed E-state index contributed by atoms with van der Waals surface area (Å²) >= 11 is 0. The number of carbonyl (C=O) groups excluding carboxylic acids is 1. The van der Waals surface area contributed by atoms with E-state index in [1.54, 1.807) is 33.7 Å². The van der Waals surface area contributed by atoms with E-state index < -0.39 is 0 Å². The average molecular weight is 581 g/mol. The van der Waals surface area contributed by atoms with Gasteiger partial charge in [0.05, 0.1) is 31.7 Å². The van der Waals surface area contributed by atoms with Gasteiger partial charge in [-0.2, -0.15) is 0 Å². The van der Waals surface area contributed by atoms with Crippen LogP contribution in [0.25, 0.3) is 22.0 Å². The summed E-state index contributed by atoms with van der Waals surface area (Å²) in [4.78, 5) is 29.7. The molecule has 10 nitrogen and oxygen atoms in total. The lowest BCUT2D eigenvalue weighted by molar-refractivity contribution is -0.118. The highest BCUT2D eigenvalue weighted by atomic mass is 16.5. The zero-order chi connectivity index (χ0) is 29.7. The fourth-order valence-corrected chi connectivity index (χ4v) is 6.84. The molecule has 0 radical (unpaired) electrons. The second-order valence-electron chi connectivity index (χ2n) is 11.8. The number of pyridine rings is 3. The zero-order valence-corrected chi connectivity index (χ0v) is 24.8. The topological polar surface area (TPSA) is 111 Å². The highest BCUT2D eigenvalue weighted by molar-refractivity contribution is 6.00. The Balaban J connectivity index is 1.14. The van der Waals surface area contributed by atoms with E-state index in [4.69, 9.17) is 19.2 Å². The fraction of sp³-hybridized carbons (Fsp3) is 0.394. The van der Waals surface area contributed by atoms with E-state index in [2.05, 4.69) is 25.5 Å². The van der Waals surface area contributed by atoms with Gasteiger partial charge in [0, 0.05) is 67.8 Å². The van der Waals surface area contributed by atoms with Crippen LogP contribution in [0.4, 0.5) is 17.3 Å². The molecule has 43 heavy (non-hydrogen) atoms. The molecular formula is C33H36N6O4. The quantitative estimate of drug-likeness (QED) is 0.281. The van der Waals surface area contributed by atoms with Gasteiger partial charge < -0.3 is 24.8 Å². The van der Waals surface area contributed by atoms with Gasteiger partial charge in [-0.1, -0.05) is 0 Å². The van der Waals surface area contributed by atoms with Gasteiger partial charge in [-0.15, -0.1) is 0 Å². The van der Waals surface area contributed by atoms with Crippen LogP contribution in [0, 0.1) is 24.7 Å². The van der Waals surface area contributed by atoms with E-state index in [1.807, 2.05) is 49.5 Å². The number of hydrogen-bond acceptors (Lipinski definition) is 9. The van der Waals surface area contributed by atoms with E-state index >= 15 is 0 Å². The van der Waals surface area contributed by atoms with Crippen LogP contribution in [0.5, 0.6) is 11.5 Å². The molecule has 4 atom stereocenters. The minimum atomic E-state index is 0.0670. The summed E-state index contributed by atoms with van der Waals surface area (Å²) in [5.41, 5.74) is 3.49. The van der Waals surface area contributed by atoms with Crippen LogP contribution in [0.2, 0.25) is 0 Å². The van der Waals surface area contributed by atoms with Crippen LogP contribution in [-0.2, 0) is 9.53 Å². The Labute approximate surface area is 250 Å². The first-order chi connectivity index (χ1) is 20.9. The van der Waals surface area contributed by atoms with Crippen molar-refractivity contribution in [1.29, 1.82) is 0 Å². The minimum absolute atomic E-state index is 0.0670. The lowest BCUT2D eigenvalue weighted by Gasteiger charge is -2.43. The first-order valence-corrected chi connectivity index (χ1v) is 14.7. The monoisotopic (exact) mass is 580 g/mol. The molecule has 222 valence electrons. The van der Waals surface area contributed by atoms with Crippen LogP contribution in [0.3, 0.4) is 0 Å². The molecule has 1 aliphatic heterocycles. The molecule has 3 fully saturated rings. The van der Waals surface area contributed by atoms with Crippen LogP contribution in [0.1, 0.15) is 18.4 Å². The molecule has 1 amide bonds. The summed E-state index contributed by atoms with van der Waals surface area (Å²) in [6.07, 6.45) is 7.90. The van der Waals surface area contributed by atoms with Crippen molar-refractivity contribution in [1.82, 2.24) is 19.9 Å². The number of benzene rings is 1. The summed E-state index contributed by atoms with van der Waals surface area (Å²) in [7, 11) is 5.02. The van der Waals surface area contributed by atoms with Crippen molar-refractivity contribution in [3.05, 3.63) is 60.6 Å². The zero-order valence-electron chi connectivity index (χ0n) is 24.8. The Morgan fingerprint density at radius 3 is 2.53 bits per heavy atom. The smallest absolute Gasteiger partial charge is 0.229 e. The Hall–Kier alpha value is -4.28. The maximum Gasteiger partial charge on any atom is 0.229 e. The maximum atomic E-state index is 13.3. The van der Waals surface area contributed by atoms with E-state index in [-0.39, 0.29) is 11.8 Å². The van der Waals surface area contributed by atoms with Crippen molar-refractivity contribution in [3.8, 4) is 22.8 Å². The van der Waals surface area contributed by atoms with Gasteiger partial charge in [0.1, 0.15) is 23.1 Å². The third-order valence-electron chi connectivity index (χ3n) is 9.39. The first-order valence-electron chi connectivity index (χ1n) is 14.7. The molecule has 3 aliphatic rings. The molecule has 4 aromatic rings. The van der Waals surface area contributed by atoms with E-state index in [0.717, 1.165) is 59.2 Å². The van der Waals surface area contributed by atoms with Crippen LogP contribution >= 0.6 is 0 Å². The van der Waals surface area contributed by atoms with Crippen molar-refractivity contribution >= 4 is 34.0 Å². The Kier molecular flexibility index (Phi) is 7.10. The summed E-state index contributed by atoms with van der Waals surface area (Å²) < 4.78 is 16.4. The number of nitrogens with zero attached hydrogens (tertiary/aromatic N) is 4. The Bertz CT molecular complexity index is 1680. The van der Waals surface area contributed by atoms with E-state index in [0.29, 0.717) is 47.1 Å². The molecule has 0 bridgehead atoms. The highest BCUT2D eigenvalue weighted by Gasteiger charge is 2.60. The van der Waals surface area contributed by atoms with Gasteiger partial charge in [-0.3, -0.25) is 14.7 Å². The normalized spacial score (nSPS) is 23.0. The van der Waals surface area contributed by atoms with Crippen molar-refractivity contribution in [2.24, 2.45) is 17.8 Å². The number of aryl methyl sites for hydroxylation is 1. The van der Waals surface area contributed by atoms with Gasteiger partial charge in [0.15, 0.2) is 0 Å². The number of ether oxygens (including phenoxy) is 3. The summed E-state index contributed by atoms with van der Waals surface area (Å²) in [6, 6.07) is 12.1.